The van der Waals surface area contributed by atoms with Crippen molar-refractivity contribution in [3.05, 3.63) is 39.9 Å². The predicted octanol–water partition coefficient (Wildman–Crippen LogP) is -0.179. The second-order valence-corrected chi connectivity index (χ2v) is 6.49. The first kappa shape index (κ1) is 14.5. The molecule has 0 aromatic heterocycles. The molecule has 0 radical (unpaired) electrons. The molecule has 2 aliphatic heterocycles. The average Bonchev–Trinajstić information content (AvgIpc) is 3.03. The molecule has 2 aliphatic rings. The summed E-state index contributed by atoms with van der Waals surface area (Å²) in [6, 6.07) is 7.94. The highest BCUT2D eigenvalue weighted by molar-refractivity contribution is 5.32. The molecule has 0 unspecified atom stereocenters. The Hall–Kier alpha value is -1.46. The first-order chi connectivity index (χ1) is 10.2. The van der Waals surface area contributed by atoms with E-state index < -0.39 is 0 Å². The third-order valence-corrected chi connectivity index (χ3v) is 5.12. The lowest BCUT2D eigenvalue weighted by Gasteiger charge is -2.32. The van der Waals surface area contributed by atoms with Crippen molar-refractivity contribution in [2.24, 2.45) is 0 Å². The number of nitrogens with one attached hydrogen (secondary N) is 2. The third-order valence-electron chi connectivity index (χ3n) is 5.12. The number of nitro groups is 1. The summed E-state index contributed by atoms with van der Waals surface area (Å²) < 4.78 is 0. The van der Waals surface area contributed by atoms with Gasteiger partial charge in [-0.25, -0.2) is 0 Å². The minimum Gasteiger partial charge on any atom is -0.332 e. The quantitative estimate of drug-likeness (QED) is 0.597. The number of nitrogens with zero attached hydrogens (tertiary/aromatic N) is 1. The molecule has 0 atom stereocenters. The average molecular weight is 291 g/mol. The molecule has 0 bridgehead atoms. The maximum absolute atomic E-state index is 10.7. The highest BCUT2D eigenvalue weighted by atomic mass is 16.6. The first-order valence-electron chi connectivity index (χ1n) is 8.14. The van der Waals surface area contributed by atoms with Crippen LogP contribution in [0.15, 0.2) is 24.3 Å². The van der Waals surface area contributed by atoms with E-state index in [9.17, 15) is 10.1 Å². The summed E-state index contributed by atoms with van der Waals surface area (Å²) in [4.78, 5) is 13.8. The summed E-state index contributed by atoms with van der Waals surface area (Å²) in [5, 5.41) is 10.7. The van der Waals surface area contributed by atoms with Gasteiger partial charge in [0.25, 0.3) is 5.69 Å². The molecule has 5 heteroatoms. The van der Waals surface area contributed by atoms with Crippen LogP contribution in [0.25, 0.3) is 0 Å². The van der Waals surface area contributed by atoms with Crippen LogP contribution in [-0.2, 0) is 6.54 Å². The topological polar surface area (TPSA) is 52.0 Å². The van der Waals surface area contributed by atoms with Gasteiger partial charge in [-0.15, -0.1) is 0 Å². The number of nitro benzene ring substituents is 1. The Bertz CT molecular complexity index is 475. The van der Waals surface area contributed by atoms with Crippen LogP contribution in [0.2, 0.25) is 0 Å². The third kappa shape index (κ3) is 3.60. The van der Waals surface area contributed by atoms with Gasteiger partial charge in [0.15, 0.2) is 0 Å². The zero-order valence-electron chi connectivity index (χ0n) is 12.5. The van der Waals surface area contributed by atoms with Gasteiger partial charge < -0.3 is 9.80 Å². The first-order valence-corrected chi connectivity index (χ1v) is 8.14. The summed E-state index contributed by atoms with van der Waals surface area (Å²) in [6.45, 7) is 6.24. The number of benzene rings is 1. The van der Waals surface area contributed by atoms with E-state index in [4.69, 9.17) is 0 Å². The Balaban J connectivity index is 1.49. The lowest BCUT2D eigenvalue weighted by atomic mass is 10.0. The number of quaternary nitrogens is 2. The van der Waals surface area contributed by atoms with Gasteiger partial charge in [-0.1, -0.05) is 0 Å². The predicted molar refractivity (Wildman–Crippen MR) is 80.4 cm³/mol. The van der Waals surface area contributed by atoms with Crippen LogP contribution in [-0.4, -0.2) is 37.1 Å². The molecule has 5 nitrogen and oxygen atoms in total. The second kappa shape index (κ2) is 6.54. The Morgan fingerprint density at radius 2 is 1.67 bits per heavy atom. The largest absolute Gasteiger partial charge is 0.332 e. The van der Waals surface area contributed by atoms with Crippen molar-refractivity contribution in [3.63, 3.8) is 0 Å². The van der Waals surface area contributed by atoms with Gasteiger partial charge >= 0.3 is 0 Å². The summed E-state index contributed by atoms with van der Waals surface area (Å²) in [6.07, 6.45) is 5.48. The standard InChI is InChI=1S/C16H23N3O2/c20-19(21)16-5-3-14(4-6-16)13-17-11-7-15(8-12-17)18-9-1-2-10-18/h3-6,15H,1-2,7-13H2/p+2. The molecule has 0 amide bonds. The van der Waals surface area contributed by atoms with Gasteiger partial charge in [-0.3, -0.25) is 10.1 Å². The lowest BCUT2D eigenvalue weighted by molar-refractivity contribution is -0.957. The summed E-state index contributed by atoms with van der Waals surface area (Å²) >= 11 is 0. The summed E-state index contributed by atoms with van der Waals surface area (Å²) in [5.41, 5.74) is 1.40. The van der Waals surface area contributed by atoms with Gasteiger partial charge in [0.1, 0.15) is 6.54 Å². The van der Waals surface area contributed by atoms with E-state index in [2.05, 4.69) is 0 Å². The van der Waals surface area contributed by atoms with E-state index in [1.807, 2.05) is 17.0 Å². The molecule has 3 rings (SSSR count). The number of rotatable bonds is 4. The highest BCUT2D eigenvalue weighted by Gasteiger charge is 2.31. The Morgan fingerprint density at radius 1 is 1.05 bits per heavy atom. The van der Waals surface area contributed by atoms with Crippen molar-refractivity contribution in [2.75, 3.05) is 26.2 Å². The fourth-order valence-electron chi connectivity index (χ4n) is 3.87. The zero-order valence-corrected chi connectivity index (χ0v) is 12.5. The molecule has 2 fully saturated rings. The van der Waals surface area contributed by atoms with Gasteiger partial charge in [0, 0.05) is 43.4 Å². The SMILES string of the molecule is O=[N+]([O-])c1ccc(C[NH+]2CCC([NH+]3CCCC3)CC2)cc1. The normalized spacial score (nSPS) is 26.9. The molecule has 21 heavy (non-hydrogen) atoms. The number of piperidine rings is 1. The molecule has 114 valence electrons. The maximum atomic E-state index is 10.7. The zero-order chi connectivity index (χ0) is 14.7. The van der Waals surface area contributed by atoms with Crippen molar-refractivity contribution >= 4 is 5.69 Å². The van der Waals surface area contributed by atoms with Crippen LogP contribution < -0.4 is 9.80 Å². The van der Waals surface area contributed by atoms with Crippen molar-refractivity contribution < 1.29 is 14.7 Å². The number of hydrogen-bond acceptors (Lipinski definition) is 2. The van der Waals surface area contributed by atoms with E-state index in [-0.39, 0.29) is 10.6 Å². The van der Waals surface area contributed by atoms with Crippen LogP contribution in [0.5, 0.6) is 0 Å². The molecular formula is C16H25N3O2+2. The van der Waals surface area contributed by atoms with E-state index in [0.717, 1.165) is 12.6 Å². The highest BCUT2D eigenvalue weighted by Crippen LogP contribution is 2.11. The van der Waals surface area contributed by atoms with Gasteiger partial charge in [-0.05, 0) is 12.1 Å². The van der Waals surface area contributed by atoms with Crippen LogP contribution in [0.3, 0.4) is 0 Å². The van der Waals surface area contributed by atoms with Crippen LogP contribution in [0.4, 0.5) is 5.69 Å². The maximum Gasteiger partial charge on any atom is 0.269 e. The van der Waals surface area contributed by atoms with Gasteiger partial charge in [0.2, 0.25) is 0 Å². The van der Waals surface area contributed by atoms with Gasteiger partial charge in [-0.2, -0.15) is 0 Å². The summed E-state index contributed by atoms with van der Waals surface area (Å²) in [5.74, 6) is 0. The number of hydrogen-bond donors (Lipinski definition) is 2. The molecule has 0 saturated carbocycles. The molecular weight excluding hydrogens is 266 g/mol. The Morgan fingerprint density at radius 3 is 2.24 bits per heavy atom. The van der Waals surface area contributed by atoms with Crippen LogP contribution in [0, 0.1) is 10.1 Å². The van der Waals surface area contributed by atoms with Crippen molar-refractivity contribution in [1.29, 1.82) is 0 Å². The van der Waals surface area contributed by atoms with E-state index >= 15 is 0 Å². The minimum absolute atomic E-state index is 0.185. The fourth-order valence-corrected chi connectivity index (χ4v) is 3.87. The van der Waals surface area contributed by atoms with Crippen molar-refractivity contribution in [2.45, 2.75) is 38.3 Å². The summed E-state index contributed by atoms with van der Waals surface area (Å²) in [7, 11) is 0. The van der Waals surface area contributed by atoms with E-state index in [0.29, 0.717) is 0 Å². The smallest absolute Gasteiger partial charge is 0.269 e. The molecule has 2 heterocycles. The molecule has 2 saturated heterocycles. The van der Waals surface area contributed by atoms with E-state index in [1.165, 1.54) is 57.4 Å². The molecule has 2 N–H and O–H groups in total. The van der Waals surface area contributed by atoms with E-state index in [1.54, 1.807) is 17.0 Å². The number of non-ortho nitro benzene ring substituents is 1. The lowest BCUT2D eigenvalue weighted by Crippen LogP contribution is -3.19. The molecule has 0 aliphatic carbocycles. The Kier molecular flexibility index (Phi) is 4.51. The monoisotopic (exact) mass is 291 g/mol. The van der Waals surface area contributed by atoms with Crippen LogP contribution in [0.1, 0.15) is 31.2 Å². The van der Waals surface area contributed by atoms with Crippen molar-refractivity contribution in [1.82, 2.24) is 0 Å². The van der Waals surface area contributed by atoms with Crippen molar-refractivity contribution in [3.8, 4) is 0 Å². The molecule has 1 aromatic carbocycles. The Labute approximate surface area is 125 Å². The molecule has 1 aromatic rings. The second-order valence-electron chi connectivity index (χ2n) is 6.49. The minimum atomic E-state index is -0.332. The van der Waals surface area contributed by atoms with Crippen LogP contribution >= 0.6 is 0 Å². The van der Waals surface area contributed by atoms with Gasteiger partial charge in [0.05, 0.1) is 37.1 Å². The molecule has 0 spiro atoms. The number of likely N-dealkylation sites (tertiary alicyclic amines) is 2. The fraction of sp³-hybridized carbons (Fsp3) is 0.625.